The van der Waals surface area contributed by atoms with Crippen molar-refractivity contribution in [1.29, 1.82) is 0 Å². The van der Waals surface area contributed by atoms with Gasteiger partial charge in [-0.3, -0.25) is 0 Å². The molecule has 0 aromatic carbocycles. The van der Waals surface area contributed by atoms with E-state index >= 15 is 0 Å². The van der Waals surface area contributed by atoms with Crippen LogP contribution < -0.4 is 5.32 Å². The van der Waals surface area contributed by atoms with E-state index in [2.05, 4.69) is 12.2 Å². The van der Waals surface area contributed by atoms with Gasteiger partial charge in [0.1, 0.15) is 0 Å². The first-order chi connectivity index (χ1) is 9.31. The van der Waals surface area contributed by atoms with Gasteiger partial charge in [0.05, 0.1) is 0 Å². The molecular weight excluding hydrogens is 238 g/mol. The van der Waals surface area contributed by atoms with Crippen LogP contribution in [0.3, 0.4) is 0 Å². The molecule has 19 heavy (non-hydrogen) atoms. The minimum atomic E-state index is -0.0358. The molecule has 114 valence electrons. The van der Waals surface area contributed by atoms with Crippen LogP contribution in [0, 0.1) is 5.92 Å². The summed E-state index contributed by atoms with van der Waals surface area (Å²) in [5.74, 6) is 0.886. The van der Waals surface area contributed by atoms with E-state index in [4.69, 9.17) is 9.47 Å². The molecule has 0 bridgehead atoms. The molecule has 1 aliphatic carbocycles. The van der Waals surface area contributed by atoms with Crippen LogP contribution in [0.5, 0.6) is 0 Å². The van der Waals surface area contributed by atoms with Crippen LogP contribution in [0.1, 0.15) is 65.7 Å². The van der Waals surface area contributed by atoms with Gasteiger partial charge in [-0.2, -0.15) is 0 Å². The molecule has 1 N–H and O–H groups in total. The molecule has 1 saturated carbocycles. The molecule has 0 saturated heterocycles. The minimum Gasteiger partial charge on any atom is -0.353 e. The van der Waals surface area contributed by atoms with Crippen LogP contribution in [-0.4, -0.2) is 32.1 Å². The summed E-state index contributed by atoms with van der Waals surface area (Å²) in [6, 6.07) is 0.684. The molecule has 1 atom stereocenters. The van der Waals surface area contributed by atoms with Gasteiger partial charge in [0.15, 0.2) is 6.29 Å². The first-order valence-electron chi connectivity index (χ1n) is 8.28. The third-order valence-corrected chi connectivity index (χ3v) is 4.15. The van der Waals surface area contributed by atoms with Crippen molar-refractivity contribution in [2.45, 2.75) is 78.0 Å². The van der Waals surface area contributed by atoms with E-state index in [1.54, 1.807) is 0 Å². The second-order valence-corrected chi connectivity index (χ2v) is 5.50. The zero-order valence-corrected chi connectivity index (χ0v) is 13.1. The van der Waals surface area contributed by atoms with E-state index in [1.165, 1.54) is 38.5 Å². The predicted octanol–water partition coefficient (Wildman–Crippen LogP) is 3.72. The maximum atomic E-state index is 5.58. The maximum Gasteiger partial charge on any atom is 0.158 e. The van der Waals surface area contributed by atoms with Crippen LogP contribution >= 0.6 is 0 Å². The third kappa shape index (κ3) is 6.73. The summed E-state index contributed by atoms with van der Waals surface area (Å²) in [5, 5.41) is 3.73. The fourth-order valence-electron chi connectivity index (χ4n) is 3.15. The van der Waals surface area contributed by atoms with Gasteiger partial charge < -0.3 is 14.8 Å². The third-order valence-electron chi connectivity index (χ3n) is 4.15. The highest BCUT2D eigenvalue weighted by Crippen LogP contribution is 2.27. The van der Waals surface area contributed by atoms with E-state index in [9.17, 15) is 0 Å². The van der Waals surface area contributed by atoms with Crippen molar-refractivity contribution in [3.8, 4) is 0 Å². The Morgan fingerprint density at radius 3 is 2.16 bits per heavy atom. The second-order valence-electron chi connectivity index (χ2n) is 5.50. The fraction of sp³-hybridized carbons (Fsp3) is 1.00. The lowest BCUT2D eigenvalue weighted by Crippen LogP contribution is -2.38. The average Bonchev–Trinajstić information content (AvgIpc) is 2.45. The van der Waals surface area contributed by atoms with Gasteiger partial charge in [-0.1, -0.05) is 26.2 Å². The SMILES string of the molecule is CCOC(CCNC(CC)C1CCCCC1)OCC. The molecule has 0 heterocycles. The number of hydrogen-bond donors (Lipinski definition) is 1. The van der Waals surface area contributed by atoms with Crippen molar-refractivity contribution in [1.82, 2.24) is 5.32 Å². The van der Waals surface area contributed by atoms with Gasteiger partial charge in [-0.25, -0.2) is 0 Å². The number of nitrogens with one attached hydrogen (secondary N) is 1. The van der Waals surface area contributed by atoms with Crippen molar-refractivity contribution in [3.63, 3.8) is 0 Å². The summed E-state index contributed by atoms with van der Waals surface area (Å²) in [7, 11) is 0. The fourth-order valence-corrected chi connectivity index (χ4v) is 3.15. The molecule has 0 aromatic heterocycles. The number of ether oxygens (including phenoxy) is 2. The van der Waals surface area contributed by atoms with Crippen LogP contribution in [0.2, 0.25) is 0 Å². The van der Waals surface area contributed by atoms with Gasteiger partial charge in [0, 0.05) is 32.2 Å². The quantitative estimate of drug-likeness (QED) is 0.614. The van der Waals surface area contributed by atoms with Crippen LogP contribution in [0.25, 0.3) is 0 Å². The molecule has 3 heteroatoms. The Morgan fingerprint density at radius 2 is 1.63 bits per heavy atom. The van der Waals surface area contributed by atoms with E-state index < -0.39 is 0 Å². The van der Waals surface area contributed by atoms with E-state index in [-0.39, 0.29) is 6.29 Å². The zero-order valence-electron chi connectivity index (χ0n) is 13.1. The topological polar surface area (TPSA) is 30.5 Å². The molecule has 3 nitrogen and oxygen atoms in total. The van der Waals surface area contributed by atoms with E-state index in [0.717, 1.165) is 32.1 Å². The molecule has 1 fully saturated rings. The monoisotopic (exact) mass is 271 g/mol. The van der Waals surface area contributed by atoms with Gasteiger partial charge in [0.2, 0.25) is 0 Å². The average molecular weight is 271 g/mol. The molecule has 0 aromatic rings. The molecule has 1 aliphatic rings. The van der Waals surface area contributed by atoms with Gasteiger partial charge in [-0.05, 0) is 39.0 Å². The Balaban J connectivity index is 2.23. The Labute approximate surface area is 119 Å². The van der Waals surface area contributed by atoms with Crippen molar-refractivity contribution in [2.75, 3.05) is 19.8 Å². The molecule has 0 aliphatic heterocycles. The van der Waals surface area contributed by atoms with Crippen molar-refractivity contribution < 1.29 is 9.47 Å². The summed E-state index contributed by atoms with van der Waals surface area (Å²) >= 11 is 0. The minimum absolute atomic E-state index is 0.0358. The Morgan fingerprint density at radius 1 is 1.00 bits per heavy atom. The first kappa shape index (κ1) is 16.9. The second kappa shape index (κ2) is 10.6. The lowest BCUT2D eigenvalue weighted by molar-refractivity contribution is -0.139. The summed E-state index contributed by atoms with van der Waals surface area (Å²) in [6.07, 6.45) is 9.24. The molecule has 0 spiro atoms. The van der Waals surface area contributed by atoms with Crippen molar-refractivity contribution in [3.05, 3.63) is 0 Å². The normalized spacial score (nSPS) is 18.9. The summed E-state index contributed by atoms with van der Waals surface area (Å²) < 4.78 is 11.2. The lowest BCUT2D eigenvalue weighted by atomic mass is 9.83. The van der Waals surface area contributed by atoms with E-state index in [0.29, 0.717) is 6.04 Å². The summed E-state index contributed by atoms with van der Waals surface area (Å²) in [5.41, 5.74) is 0. The number of rotatable bonds is 10. The standard InChI is InChI=1S/C16H33NO2/c1-4-15(14-10-8-7-9-11-14)17-13-12-16(18-5-2)19-6-3/h14-17H,4-13H2,1-3H3. The largest absolute Gasteiger partial charge is 0.353 e. The van der Waals surface area contributed by atoms with Crippen LogP contribution in [0.15, 0.2) is 0 Å². The Kier molecular flexibility index (Phi) is 9.48. The van der Waals surface area contributed by atoms with Gasteiger partial charge >= 0.3 is 0 Å². The molecule has 0 amide bonds. The number of hydrogen-bond acceptors (Lipinski definition) is 3. The van der Waals surface area contributed by atoms with Gasteiger partial charge in [-0.15, -0.1) is 0 Å². The predicted molar refractivity (Wildman–Crippen MR) is 80.3 cm³/mol. The van der Waals surface area contributed by atoms with Gasteiger partial charge in [0.25, 0.3) is 0 Å². The van der Waals surface area contributed by atoms with Crippen LogP contribution in [0.4, 0.5) is 0 Å². The van der Waals surface area contributed by atoms with E-state index in [1.807, 2.05) is 13.8 Å². The molecule has 1 unspecified atom stereocenters. The Bertz CT molecular complexity index is 199. The Hall–Kier alpha value is -0.120. The van der Waals surface area contributed by atoms with Crippen LogP contribution in [-0.2, 0) is 9.47 Å². The van der Waals surface area contributed by atoms with Crippen molar-refractivity contribution in [2.24, 2.45) is 5.92 Å². The van der Waals surface area contributed by atoms with Crippen molar-refractivity contribution >= 4 is 0 Å². The summed E-state index contributed by atoms with van der Waals surface area (Å²) in [6.45, 7) is 8.80. The highest BCUT2D eigenvalue weighted by atomic mass is 16.7. The maximum absolute atomic E-state index is 5.58. The smallest absolute Gasteiger partial charge is 0.158 e. The highest BCUT2D eigenvalue weighted by molar-refractivity contribution is 4.78. The highest BCUT2D eigenvalue weighted by Gasteiger charge is 2.21. The summed E-state index contributed by atoms with van der Waals surface area (Å²) in [4.78, 5) is 0. The zero-order chi connectivity index (χ0) is 13.9. The first-order valence-corrected chi connectivity index (χ1v) is 8.28. The molecule has 0 radical (unpaired) electrons. The lowest BCUT2D eigenvalue weighted by Gasteiger charge is -2.31. The molecule has 1 rings (SSSR count). The molecular formula is C16H33NO2.